The molecule has 1 aliphatic rings. The molecule has 0 unspecified atom stereocenters. The highest BCUT2D eigenvalue weighted by Crippen LogP contribution is 2.34. The summed E-state index contributed by atoms with van der Waals surface area (Å²) in [6.45, 7) is 8.05. The Labute approximate surface area is 152 Å². The van der Waals surface area contributed by atoms with Crippen LogP contribution in [0.2, 0.25) is 0 Å². The summed E-state index contributed by atoms with van der Waals surface area (Å²) in [5, 5.41) is 0. The zero-order chi connectivity index (χ0) is 18.7. The summed E-state index contributed by atoms with van der Waals surface area (Å²) in [6, 6.07) is 9.99. The lowest BCUT2D eigenvalue weighted by atomic mass is 10.2. The quantitative estimate of drug-likeness (QED) is 0.888. The summed E-state index contributed by atoms with van der Waals surface area (Å²) in [5.74, 6) is 0.601. The summed E-state index contributed by atoms with van der Waals surface area (Å²) in [4.78, 5) is 31.9. The molecule has 0 atom stereocenters. The third-order valence-electron chi connectivity index (χ3n) is 4.59. The summed E-state index contributed by atoms with van der Waals surface area (Å²) in [5.41, 5.74) is 0.679. The van der Waals surface area contributed by atoms with Crippen molar-refractivity contribution in [3.63, 3.8) is 0 Å². The Kier molecular flexibility index (Phi) is 5.46. The number of nitrogens with one attached hydrogen (secondary N) is 1. The maximum Gasteiger partial charge on any atom is 0.331 e. The predicted molar refractivity (Wildman–Crippen MR) is 103 cm³/mol. The number of aromatic nitrogens is 2. The van der Waals surface area contributed by atoms with Gasteiger partial charge in [0.05, 0.1) is 0 Å². The maximum absolute atomic E-state index is 12.8. The topological polar surface area (TPSA) is 70.6 Å². The standard InChI is InChI=1S/C19H26N4O3/c1-4-26-13-23-18-16(17(24)20-19(23)25)21(14(2)3)11-8-12-22(18)15-9-6-5-7-10-15/h5-7,9-10,14H,4,8,11-13H2,1-3H3,(H,20,24,25). The van der Waals surface area contributed by atoms with Crippen LogP contribution in [0.15, 0.2) is 39.9 Å². The van der Waals surface area contributed by atoms with Gasteiger partial charge in [0.15, 0.2) is 0 Å². The molecule has 1 aromatic carbocycles. The van der Waals surface area contributed by atoms with E-state index in [1.54, 1.807) is 0 Å². The average molecular weight is 358 g/mol. The number of ether oxygens (including phenoxy) is 1. The van der Waals surface area contributed by atoms with Crippen LogP contribution >= 0.6 is 0 Å². The van der Waals surface area contributed by atoms with E-state index < -0.39 is 5.69 Å². The van der Waals surface area contributed by atoms with E-state index in [1.807, 2.05) is 42.2 Å². The van der Waals surface area contributed by atoms with E-state index in [0.29, 0.717) is 18.1 Å². The molecule has 0 saturated heterocycles. The van der Waals surface area contributed by atoms with Gasteiger partial charge in [-0.1, -0.05) is 18.2 Å². The summed E-state index contributed by atoms with van der Waals surface area (Å²) >= 11 is 0. The number of nitrogens with zero attached hydrogens (tertiary/aromatic N) is 3. The number of benzene rings is 1. The maximum atomic E-state index is 12.8. The van der Waals surface area contributed by atoms with Crippen LogP contribution in [-0.2, 0) is 11.5 Å². The van der Waals surface area contributed by atoms with E-state index in [4.69, 9.17) is 4.74 Å². The molecule has 0 saturated carbocycles. The van der Waals surface area contributed by atoms with E-state index in [-0.39, 0.29) is 18.3 Å². The van der Waals surface area contributed by atoms with Crippen molar-refractivity contribution in [2.75, 3.05) is 29.5 Å². The lowest BCUT2D eigenvalue weighted by Gasteiger charge is -2.31. The Morgan fingerprint density at radius 3 is 2.54 bits per heavy atom. The van der Waals surface area contributed by atoms with Crippen LogP contribution in [0, 0.1) is 0 Å². The van der Waals surface area contributed by atoms with Gasteiger partial charge in [-0.05, 0) is 39.3 Å². The van der Waals surface area contributed by atoms with Crippen LogP contribution < -0.4 is 21.0 Å². The number of H-pyrrole nitrogens is 1. The lowest BCUT2D eigenvalue weighted by molar-refractivity contribution is 0.0854. The van der Waals surface area contributed by atoms with Gasteiger partial charge in [-0.2, -0.15) is 0 Å². The number of rotatable bonds is 5. The lowest BCUT2D eigenvalue weighted by Crippen LogP contribution is -2.41. The van der Waals surface area contributed by atoms with E-state index in [0.717, 1.165) is 25.2 Å². The van der Waals surface area contributed by atoms with Crippen molar-refractivity contribution < 1.29 is 4.74 Å². The molecular weight excluding hydrogens is 332 g/mol. The fourth-order valence-corrected chi connectivity index (χ4v) is 3.38. The molecule has 7 nitrogen and oxygen atoms in total. The first-order valence-corrected chi connectivity index (χ1v) is 9.08. The van der Waals surface area contributed by atoms with Crippen LogP contribution in [0.1, 0.15) is 27.2 Å². The second kappa shape index (κ2) is 7.78. The van der Waals surface area contributed by atoms with Gasteiger partial charge in [-0.25, -0.2) is 4.79 Å². The van der Waals surface area contributed by atoms with Crippen molar-refractivity contribution in [3.05, 3.63) is 51.2 Å². The van der Waals surface area contributed by atoms with Crippen molar-refractivity contribution in [3.8, 4) is 0 Å². The van der Waals surface area contributed by atoms with Gasteiger partial charge in [0, 0.05) is 31.4 Å². The second-order valence-corrected chi connectivity index (χ2v) is 6.61. The average Bonchev–Trinajstić information content (AvgIpc) is 2.83. The highest BCUT2D eigenvalue weighted by molar-refractivity contribution is 5.74. The highest BCUT2D eigenvalue weighted by atomic mass is 16.5. The van der Waals surface area contributed by atoms with Crippen molar-refractivity contribution in [1.29, 1.82) is 0 Å². The van der Waals surface area contributed by atoms with Crippen molar-refractivity contribution >= 4 is 17.2 Å². The molecule has 0 bridgehead atoms. The molecule has 1 N–H and O–H groups in total. The van der Waals surface area contributed by atoms with Crippen LogP contribution in [0.5, 0.6) is 0 Å². The molecule has 2 aromatic rings. The SMILES string of the molecule is CCOCn1c2c(c(=O)[nH]c1=O)N(C(C)C)CCCN2c1ccccc1. The van der Waals surface area contributed by atoms with Gasteiger partial charge in [-0.15, -0.1) is 0 Å². The van der Waals surface area contributed by atoms with Gasteiger partial charge in [0.25, 0.3) is 5.56 Å². The number of para-hydroxylation sites is 1. The third-order valence-corrected chi connectivity index (χ3v) is 4.59. The van der Waals surface area contributed by atoms with E-state index in [2.05, 4.69) is 23.7 Å². The number of aromatic amines is 1. The Morgan fingerprint density at radius 2 is 1.88 bits per heavy atom. The normalized spacial score (nSPS) is 14.5. The molecule has 26 heavy (non-hydrogen) atoms. The van der Waals surface area contributed by atoms with Crippen molar-refractivity contribution in [2.24, 2.45) is 0 Å². The molecule has 0 radical (unpaired) electrons. The first-order valence-electron chi connectivity index (χ1n) is 9.08. The van der Waals surface area contributed by atoms with Crippen LogP contribution in [-0.4, -0.2) is 35.3 Å². The first-order chi connectivity index (χ1) is 12.5. The molecular formula is C19H26N4O3. The minimum atomic E-state index is -0.450. The highest BCUT2D eigenvalue weighted by Gasteiger charge is 2.29. The van der Waals surface area contributed by atoms with Crippen molar-refractivity contribution in [1.82, 2.24) is 9.55 Å². The summed E-state index contributed by atoms with van der Waals surface area (Å²) < 4.78 is 7.04. The Morgan fingerprint density at radius 1 is 1.15 bits per heavy atom. The minimum absolute atomic E-state index is 0.101. The van der Waals surface area contributed by atoms with Gasteiger partial charge < -0.3 is 14.5 Å². The first kappa shape index (κ1) is 18.3. The molecule has 0 fully saturated rings. The Bertz CT molecular complexity index is 857. The molecule has 1 aromatic heterocycles. The molecule has 0 amide bonds. The van der Waals surface area contributed by atoms with Crippen LogP contribution in [0.3, 0.4) is 0 Å². The smallest absolute Gasteiger partial charge is 0.331 e. The molecule has 140 valence electrons. The van der Waals surface area contributed by atoms with Crippen molar-refractivity contribution in [2.45, 2.75) is 40.0 Å². The number of anilines is 3. The molecule has 2 heterocycles. The fourth-order valence-electron chi connectivity index (χ4n) is 3.38. The number of hydrogen-bond acceptors (Lipinski definition) is 5. The largest absolute Gasteiger partial charge is 0.362 e. The fraction of sp³-hybridized carbons (Fsp3) is 0.474. The monoisotopic (exact) mass is 358 g/mol. The molecule has 7 heteroatoms. The second-order valence-electron chi connectivity index (χ2n) is 6.61. The van der Waals surface area contributed by atoms with E-state index >= 15 is 0 Å². The van der Waals surface area contributed by atoms with Gasteiger partial charge >= 0.3 is 5.69 Å². The molecule has 1 aliphatic heterocycles. The predicted octanol–water partition coefficient (Wildman–Crippen LogP) is 2.29. The number of hydrogen-bond donors (Lipinski definition) is 1. The summed E-state index contributed by atoms with van der Waals surface area (Å²) in [6.07, 6.45) is 0.879. The zero-order valence-corrected chi connectivity index (χ0v) is 15.6. The van der Waals surface area contributed by atoms with Crippen LogP contribution in [0.4, 0.5) is 17.2 Å². The Hall–Kier alpha value is -2.54. The molecule has 3 rings (SSSR count). The minimum Gasteiger partial charge on any atom is -0.362 e. The molecule has 0 spiro atoms. The van der Waals surface area contributed by atoms with Gasteiger partial charge in [0.2, 0.25) is 0 Å². The third kappa shape index (κ3) is 3.39. The summed E-state index contributed by atoms with van der Waals surface area (Å²) in [7, 11) is 0. The van der Waals surface area contributed by atoms with Crippen LogP contribution in [0.25, 0.3) is 0 Å². The van der Waals surface area contributed by atoms with E-state index in [9.17, 15) is 9.59 Å². The Balaban J connectivity index is 2.29. The van der Waals surface area contributed by atoms with Gasteiger partial charge in [-0.3, -0.25) is 14.3 Å². The van der Waals surface area contributed by atoms with E-state index in [1.165, 1.54) is 4.57 Å². The van der Waals surface area contributed by atoms with Gasteiger partial charge in [0.1, 0.15) is 18.2 Å². The zero-order valence-electron chi connectivity index (χ0n) is 15.6. The molecule has 0 aliphatic carbocycles. The number of fused-ring (bicyclic) bond motifs is 1.